The highest BCUT2D eigenvalue weighted by atomic mass is 16.4. The van der Waals surface area contributed by atoms with Gasteiger partial charge in [0.1, 0.15) is 0 Å². The van der Waals surface area contributed by atoms with E-state index in [1.54, 1.807) is 0 Å². The number of allylic oxidation sites excluding steroid dienone is 1. The van der Waals surface area contributed by atoms with Gasteiger partial charge in [-0.25, -0.2) is 0 Å². The molecule has 3 heteroatoms. The molecule has 0 aromatic carbocycles. The van der Waals surface area contributed by atoms with E-state index in [0.29, 0.717) is 0 Å². The van der Waals surface area contributed by atoms with Gasteiger partial charge in [-0.15, -0.1) is 0 Å². The minimum Gasteiger partial charge on any atom is -0.481 e. The van der Waals surface area contributed by atoms with Crippen LogP contribution in [-0.2, 0) is 4.79 Å². The van der Waals surface area contributed by atoms with Crippen LogP contribution in [0.25, 0.3) is 0 Å². The van der Waals surface area contributed by atoms with Crippen LogP contribution in [0.4, 0.5) is 0 Å². The summed E-state index contributed by atoms with van der Waals surface area (Å²) in [6, 6.07) is 0. The molecule has 2 atom stereocenters. The zero-order valence-corrected chi connectivity index (χ0v) is 16.2. The average Bonchev–Trinajstić information content (AvgIpc) is 2.52. The lowest BCUT2D eigenvalue weighted by Crippen LogP contribution is -2.19. The first-order valence-corrected chi connectivity index (χ1v) is 10.0. The lowest BCUT2D eigenvalue weighted by Gasteiger charge is -2.15. The SMILES string of the molecule is CCCCCC[C@@H](O)CC=CCCCCCCC(C(=O)O)C(C)C. The van der Waals surface area contributed by atoms with Gasteiger partial charge in [0.25, 0.3) is 0 Å². The Bertz CT molecular complexity index is 323. The maximum absolute atomic E-state index is 11.1. The number of rotatable bonds is 16. The molecule has 0 radical (unpaired) electrons. The van der Waals surface area contributed by atoms with Crippen LogP contribution in [0.1, 0.15) is 97.8 Å². The molecule has 3 nitrogen and oxygen atoms in total. The molecule has 0 bridgehead atoms. The summed E-state index contributed by atoms with van der Waals surface area (Å²) in [5.74, 6) is -0.622. The van der Waals surface area contributed by atoms with Gasteiger partial charge in [0.2, 0.25) is 0 Å². The molecule has 1 unspecified atom stereocenters. The van der Waals surface area contributed by atoms with Gasteiger partial charge < -0.3 is 10.2 Å². The number of hydrogen-bond acceptors (Lipinski definition) is 2. The Morgan fingerprint density at radius 2 is 1.54 bits per heavy atom. The van der Waals surface area contributed by atoms with Gasteiger partial charge >= 0.3 is 5.97 Å². The number of aliphatic hydroxyl groups is 1. The highest BCUT2D eigenvalue weighted by Crippen LogP contribution is 2.19. The van der Waals surface area contributed by atoms with Crippen LogP contribution in [0.2, 0.25) is 0 Å². The summed E-state index contributed by atoms with van der Waals surface area (Å²) < 4.78 is 0. The van der Waals surface area contributed by atoms with Crippen molar-refractivity contribution in [1.29, 1.82) is 0 Å². The number of unbranched alkanes of at least 4 members (excludes halogenated alkanes) is 7. The van der Waals surface area contributed by atoms with Crippen molar-refractivity contribution in [3.63, 3.8) is 0 Å². The van der Waals surface area contributed by atoms with Crippen molar-refractivity contribution in [1.82, 2.24) is 0 Å². The molecule has 0 aliphatic carbocycles. The van der Waals surface area contributed by atoms with E-state index in [-0.39, 0.29) is 17.9 Å². The van der Waals surface area contributed by atoms with E-state index in [2.05, 4.69) is 19.1 Å². The van der Waals surface area contributed by atoms with E-state index in [9.17, 15) is 9.90 Å². The Kier molecular flexibility index (Phi) is 15.1. The summed E-state index contributed by atoms with van der Waals surface area (Å²) >= 11 is 0. The third-order valence-corrected chi connectivity index (χ3v) is 4.72. The topological polar surface area (TPSA) is 57.5 Å². The number of aliphatic carboxylic acids is 1. The second kappa shape index (κ2) is 15.7. The lowest BCUT2D eigenvalue weighted by molar-refractivity contribution is -0.143. The monoisotopic (exact) mass is 340 g/mol. The second-order valence-electron chi connectivity index (χ2n) is 7.39. The smallest absolute Gasteiger partial charge is 0.306 e. The minimum atomic E-state index is -0.652. The van der Waals surface area contributed by atoms with E-state index in [1.165, 1.54) is 19.3 Å². The first-order chi connectivity index (χ1) is 11.5. The lowest BCUT2D eigenvalue weighted by atomic mass is 9.90. The average molecular weight is 341 g/mol. The van der Waals surface area contributed by atoms with Crippen molar-refractivity contribution < 1.29 is 15.0 Å². The molecule has 0 aliphatic heterocycles. The van der Waals surface area contributed by atoms with Crippen molar-refractivity contribution in [2.24, 2.45) is 11.8 Å². The Morgan fingerprint density at radius 1 is 0.917 bits per heavy atom. The van der Waals surface area contributed by atoms with Crippen LogP contribution in [0.5, 0.6) is 0 Å². The molecular formula is C21H40O3. The van der Waals surface area contributed by atoms with Gasteiger partial charge in [0.05, 0.1) is 12.0 Å². The number of hydrogen-bond donors (Lipinski definition) is 2. The molecule has 24 heavy (non-hydrogen) atoms. The Labute approximate surface area is 149 Å². The molecule has 0 aliphatic rings. The summed E-state index contributed by atoms with van der Waals surface area (Å²) in [6.07, 6.45) is 17.0. The number of carboxylic acids is 1. The number of carboxylic acid groups (broad SMARTS) is 1. The van der Waals surface area contributed by atoms with Crippen molar-refractivity contribution in [3.8, 4) is 0 Å². The summed E-state index contributed by atoms with van der Waals surface area (Å²) in [5, 5.41) is 19.0. The van der Waals surface area contributed by atoms with Crippen LogP contribution >= 0.6 is 0 Å². The summed E-state index contributed by atoms with van der Waals surface area (Å²) in [7, 11) is 0. The van der Waals surface area contributed by atoms with Crippen molar-refractivity contribution >= 4 is 5.97 Å². The second-order valence-corrected chi connectivity index (χ2v) is 7.39. The molecule has 0 aromatic rings. The molecule has 0 amide bonds. The number of carbonyl (C=O) groups is 1. The third kappa shape index (κ3) is 13.6. The Balaban J connectivity index is 3.50. The molecule has 2 N–H and O–H groups in total. The van der Waals surface area contributed by atoms with E-state index in [4.69, 9.17) is 5.11 Å². The molecule has 0 aromatic heterocycles. The molecule has 0 fully saturated rings. The van der Waals surface area contributed by atoms with Crippen LogP contribution < -0.4 is 0 Å². The fraction of sp³-hybridized carbons (Fsp3) is 0.857. The van der Waals surface area contributed by atoms with E-state index in [1.807, 2.05) is 13.8 Å². The maximum atomic E-state index is 11.1. The predicted molar refractivity (Wildman–Crippen MR) is 102 cm³/mol. The molecule has 0 heterocycles. The van der Waals surface area contributed by atoms with Gasteiger partial charge in [-0.1, -0.05) is 77.9 Å². The summed E-state index contributed by atoms with van der Waals surface area (Å²) in [5.41, 5.74) is 0. The first-order valence-electron chi connectivity index (χ1n) is 10.0. The largest absolute Gasteiger partial charge is 0.481 e. The van der Waals surface area contributed by atoms with Crippen molar-refractivity contribution in [2.75, 3.05) is 0 Å². The molecule has 0 saturated heterocycles. The minimum absolute atomic E-state index is 0.179. The van der Waals surface area contributed by atoms with E-state index >= 15 is 0 Å². The highest BCUT2D eigenvalue weighted by Gasteiger charge is 2.20. The normalized spacial score (nSPS) is 14.4. The quantitative estimate of drug-likeness (QED) is 0.269. The zero-order chi connectivity index (χ0) is 18.2. The van der Waals surface area contributed by atoms with Crippen LogP contribution in [0.15, 0.2) is 12.2 Å². The standard InChI is InChI=1S/C21H40O3/c1-4-5-6-12-15-19(22)16-13-10-8-7-9-11-14-17-20(18(2)3)21(23)24/h10,13,18-20,22H,4-9,11-12,14-17H2,1-3H3,(H,23,24)/t19-,20?/m1/s1. The number of aliphatic hydroxyl groups excluding tert-OH is 1. The highest BCUT2D eigenvalue weighted by molar-refractivity contribution is 5.70. The molecule has 0 spiro atoms. The fourth-order valence-corrected chi connectivity index (χ4v) is 3.02. The Morgan fingerprint density at radius 3 is 2.17 bits per heavy atom. The van der Waals surface area contributed by atoms with Crippen LogP contribution in [0.3, 0.4) is 0 Å². The van der Waals surface area contributed by atoms with Crippen LogP contribution in [0, 0.1) is 11.8 Å². The van der Waals surface area contributed by atoms with Gasteiger partial charge in [-0.05, 0) is 38.0 Å². The third-order valence-electron chi connectivity index (χ3n) is 4.72. The zero-order valence-electron chi connectivity index (χ0n) is 16.2. The molecule has 0 rings (SSSR count). The molecular weight excluding hydrogens is 300 g/mol. The van der Waals surface area contributed by atoms with Gasteiger partial charge in [0, 0.05) is 0 Å². The van der Waals surface area contributed by atoms with Crippen molar-refractivity contribution in [2.45, 2.75) is 104 Å². The summed E-state index contributed by atoms with van der Waals surface area (Å²) in [4.78, 5) is 11.1. The maximum Gasteiger partial charge on any atom is 0.306 e. The fourth-order valence-electron chi connectivity index (χ4n) is 3.02. The first kappa shape index (κ1) is 23.2. The van der Waals surface area contributed by atoms with Gasteiger partial charge in [-0.3, -0.25) is 4.79 Å². The molecule has 0 saturated carbocycles. The molecule has 142 valence electrons. The van der Waals surface area contributed by atoms with Gasteiger partial charge in [0.15, 0.2) is 0 Å². The Hall–Kier alpha value is -0.830. The van der Waals surface area contributed by atoms with E-state index < -0.39 is 5.97 Å². The summed E-state index contributed by atoms with van der Waals surface area (Å²) in [6.45, 7) is 6.18. The predicted octanol–water partition coefficient (Wildman–Crippen LogP) is 5.96. The van der Waals surface area contributed by atoms with Crippen molar-refractivity contribution in [3.05, 3.63) is 12.2 Å². The van der Waals surface area contributed by atoms with Crippen LogP contribution in [-0.4, -0.2) is 22.3 Å². The van der Waals surface area contributed by atoms with Gasteiger partial charge in [-0.2, -0.15) is 0 Å². The van der Waals surface area contributed by atoms with E-state index in [0.717, 1.165) is 57.8 Å².